The summed E-state index contributed by atoms with van der Waals surface area (Å²) in [7, 11) is 0. The van der Waals surface area contributed by atoms with Crippen molar-refractivity contribution >= 4 is 22.7 Å². The number of fused-ring (bicyclic) bond motifs is 1. The molecule has 1 N–H and O–H groups in total. The molecule has 4 rings (SSSR count). The molecule has 6 nitrogen and oxygen atoms in total. The van der Waals surface area contributed by atoms with Gasteiger partial charge in [0.25, 0.3) is 5.91 Å². The number of hydrogen-bond acceptors (Lipinski definition) is 4. The minimum atomic E-state index is -0.361. The van der Waals surface area contributed by atoms with Gasteiger partial charge in [-0.15, -0.1) is 0 Å². The van der Waals surface area contributed by atoms with E-state index >= 15 is 0 Å². The van der Waals surface area contributed by atoms with Crippen LogP contribution in [0.5, 0.6) is 0 Å². The molecule has 1 atom stereocenters. The Bertz CT molecular complexity index is 1100. The Labute approximate surface area is 188 Å². The van der Waals surface area contributed by atoms with Crippen molar-refractivity contribution < 1.29 is 14.3 Å². The van der Waals surface area contributed by atoms with Crippen LogP contribution >= 0.6 is 0 Å². The number of para-hydroxylation sites is 1. The molecule has 6 heteroatoms. The first-order valence-electron chi connectivity index (χ1n) is 11.1. The van der Waals surface area contributed by atoms with Crippen LogP contribution in [0.15, 0.2) is 60.7 Å². The highest BCUT2D eigenvalue weighted by molar-refractivity contribution is 6.06. The van der Waals surface area contributed by atoms with E-state index in [2.05, 4.69) is 5.32 Å². The van der Waals surface area contributed by atoms with Crippen LogP contribution in [0.1, 0.15) is 48.0 Å². The van der Waals surface area contributed by atoms with E-state index in [1.54, 1.807) is 0 Å². The summed E-state index contributed by atoms with van der Waals surface area (Å²) in [4.78, 5) is 32.3. The second-order valence-electron chi connectivity index (χ2n) is 8.42. The number of morpholine rings is 1. The van der Waals surface area contributed by atoms with Crippen molar-refractivity contribution in [1.29, 1.82) is 0 Å². The van der Waals surface area contributed by atoms with Gasteiger partial charge in [-0.1, -0.05) is 48.5 Å². The van der Waals surface area contributed by atoms with Crippen molar-refractivity contribution in [1.82, 2.24) is 15.2 Å². The maximum atomic E-state index is 12.9. The van der Waals surface area contributed by atoms with Crippen LogP contribution in [0.3, 0.4) is 0 Å². The molecule has 32 heavy (non-hydrogen) atoms. The zero-order chi connectivity index (χ0) is 22.5. The Balaban J connectivity index is 1.53. The smallest absolute Gasteiger partial charge is 0.252 e. The predicted octanol–water partition coefficient (Wildman–Crippen LogP) is 3.91. The van der Waals surface area contributed by atoms with E-state index in [9.17, 15) is 9.59 Å². The molecule has 1 unspecified atom stereocenters. The Morgan fingerprint density at radius 2 is 1.88 bits per heavy atom. The SMILES string of the molecule is CC(C)NC(=O)c1cc(C2CN(C(=O)CCc3ccccc3)CCO2)nc2ccccc12. The number of nitrogens with zero attached hydrogens (tertiary/aromatic N) is 2. The van der Waals surface area contributed by atoms with Gasteiger partial charge in [-0.3, -0.25) is 9.59 Å². The van der Waals surface area contributed by atoms with E-state index in [0.29, 0.717) is 37.4 Å². The summed E-state index contributed by atoms with van der Waals surface area (Å²) in [6.45, 7) is 5.32. The summed E-state index contributed by atoms with van der Waals surface area (Å²) in [5.74, 6) is -0.0211. The Kier molecular flexibility index (Phi) is 6.81. The number of carbonyl (C=O) groups excluding carboxylic acids is 2. The molecule has 3 aromatic rings. The van der Waals surface area contributed by atoms with Crippen molar-refractivity contribution in [2.75, 3.05) is 19.7 Å². The predicted molar refractivity (Wildman–Crippen MR) is 124 cm³/mol. The van der Waals surface area contributed by atoms with Crippen LogP contribution in [0.4, 0.5) is 0 Å². The molecule has 2 amide bonds. The third kappa shape index (κ3) is 5.14. The maximum absolute atomic E-state index is 12.9. The van der Waals surface area contributed by atoms with Crippen molar-refractivity contribution in [3.05, 3.63) is 77.5 Å². The van der Waals surface area contributed by atoms with E-state index in [-0.39, 0.29) is 24.0 Å². The van der Waals surface area contributed by atoms with Crippen LogP contribution in [0, 0.1) is 0 Å². The number of benzene rings is 2. The van der Waals surface area contributed by atoms with Crippen LogP contribution in [-0.2, 0) is 16.0 Å². The van der Waals surface area contributed by atoms with Crippen LogP contribution < -0.4 is 5.32 Å². The van der Waals surface area contributed by atoms with Crippen LogP contribution in [-0.4, -0.2) is 47.4 Å². The van der Waals surface area contributed by atoms with E-state index in [1.165, 1.54) is 0 Å². The first-order valence-corrected chi connectivity index (χ1v) is 11.1. The molecule has 0 radical (unpaired) electrons. The number of aromatic nitrogens is 1. The minimum absolute atomic E-state index is 0.0292. The molecule has 1 fully saturated rings. The molecule has 166 valence electrons. The minimum Gasteiger partial charge on any atom is -0.368 e. The Morgan fingerprint density at radius 3 is 2.66 bits per heavy atom. The van der Waals surface area contributed by atoms with Crippen LogP contribution in [0.25, 0.3) is 10.9 Å². The van der Waals surface area contributed by atoms with Crippen LogP contribution in [0.2, 0.25) is 0 Å². The number of pyridine rings is 1. The normalized spacial score (nSPS) is 16.3. The third-order valence-corrected chi connectivity index (χ3v) is 5.62. The van der Waals surface area contributed by atoms with Crippen molar-refractivity contribution in [3.63, 3.8) is 0 Å². The Hall–Kier alpha value is -3.25. The number of ether oxygens (including phenoxy) is 1. The lowest BCUT2D eigenvalue weighted by atomic mass is 10.0. The molecular weight excluding hydrogens is 402 g/mol. The average molecular weight is 432 g/mol. The van der Waals surface area contributed by atoms with Gasteiger partial charge >= 0.3 is 0 Å². The number of aryl methyl sites for hydroxylation is 1. The van der Waals surface area contributed by atoms with Gasteiger partial charge in [-0.2, -0.15) is 0 Å². The number of rotatable bonds is 6. The maximum Gasteiger partial charge on any atom is 0.252 e. The van der Waals surface area contributed by atoms with Gasteiger partial charge in [0, 0.05) is 24.4 Å². The zero-order valence-corrected chi connectivity index (χ0v) is 18.6. The largest absolute Gasteiger partial charge is 0.368 e. The number of nitrogens with one attached hydrogen (secondary N) is 1. The summed E-state index contributed by atoms with van der Waals surface area (Å²) < 4.78 is 5.98. The van der Waals surface area contributed by atoms with Crippen molar-refractivity contribution in [3.8, 4) is 0 Å². The summed E-state index contributed by atoms with van der Waals surface area (Å²) in [6, 6.07) is 19.5. The summed E-state index contributed by atoms with van der Waals surface area (Å²) >= 11 is 0. The molecule has 2 aromatic carbocycles. The average Bonchev–Trinajstić information content (AvgIpc) is 2.82. The molecule has 0 spiro atoms. The van der Waals surface area contributed by atoms with Gasteiger partial charge in [0.2, 0.25) is 5.91 Å². The molecule has 1 aliphatic heterocycles. The Morgan fingerprint density at radius 1 is 1.12 bits per heavy atom. The monoisotopic (exact) mass is 431 g/mol. The highest BCUT2D eigenvalue weighted by atomic mass is 16.5. The van der Waals surface area contributed by atoms with Gasteiger partial charge in [-0.05, 0) is 38.0 Å². The van der Waals surface area contributed by atoms with E-state index in [1.807, 2.05) is 79.4 Å². The highest BCUT2D eigenvalue weighted by Crippen LogP contribution is 2.26. The molecule has 0 aliphatic carbocycles. The topological polar surface area (TPSA) is 71.5 Å². The first kappa shape index (κ1) is 22.0. The highest BCUT2D eigenvalue weighted by Gasteiger charge is 2.27. The van der Waals surface area contributed by atoms with Gasteiger partial charge in [-0.25, -0.2) is 4.98 Å². The fourth-order valence-corrected chi connectivity index (χ4v) is 4.00. The van der Waals surface area contributed by atoms with Gasteiger partial charge in [0.1, 0.15) is 6.10 Å². The lowest BCUT2D eigenvalue weighted by molar-refractivity contribution is -0.139. The van der Waals surface area contributed by atoms with Gasteiger partial charge < -0.3 is 15.0 Å². The summed E-state index contributed by atoms with van der Waals surface area (Å²) in [6.07, 6.45) is 0.818. The molecule has 0 bridgehead atoms. The number of amides is 2. The molecule has 0 saturated carbocycles. The molecular formula is C26H29N3O3. The molecule has 1 aliphatic rings. The van der Waals surface area contributed by atoms with Crippen molar-refractivity contribution in [2.45, 2.75) is 38.8 Å². The van der Waals surface area contributed by atoms with Crippen molar-refractivity contribution in [2.24, 2.45) is 0 Å². The lowest BCUT2D eigenvalue weighted by Gasteiger charge is -2.33. The second kappa shape index (κ2) is 9.92. The van der Waals surface area contributed by atoms with E-state index in [4.69, 9.17) is 9.72 Å². The summed E-state index contributed by atoms with van der Waals surface area (Å²) in [5, 5.41) is 3.78. The standard InChI is InChI=1S/C26H29N3O3/c1-18(2)27-26(31)21-16-23(28-22-11-7-6-10-20(21)22)24-17-29(14-15-32-24)25(30)13-12-19-8-4-3-5-9-19/h3-11,16,18,24H,12-15,17H2,1-2H3,(H,27,31). The summed E-state index contributed by atoms with van der Waals surface area (Å²) in [5.41, 5.74) is 3.16. The fourth-order valence-electron chi connectivity index (χ4n) is 4.00. The molecule has 1 aromatic heterocycles. The first-order chi connectivity index (χ1) is 15.5. The number of carbonyl (C=O) groups is 2. The van der Waals surface area contributed by atoms with E-state index < -0.39 is 0 Å². The van der Waals surface area contributed by atoms with E-state index in [0.717, 1.165) is 22.9 Å². The second-order valence-corrected chi connectivity index (χ2v) is 8.42. The molecule has 1 saturated heterocycles. The lowest BCUT2D eigenvalue weighted by Crippen LogP contribution is -2.42. The van der Waals surface area contributed by atoms with Gasteiger partial charge in [0.15, 0.2) is 0 Å². The number of hydrogen-bond donors (Lipinski definition) is 1. The fraction of sp³-hybridized carbons (Fsp3) is 0.346. The zero-order valence-electron chi connectivity index (χ0n) is 18.6. The molecule has 2 heterocycles. The van der Waals surface area contributed by atoms with Gasteiger partial charge in [0.05, 0.1) is 29.9 Å². The quantitative estimate of drug-likeness (QED) is 0.642. The third-order valence-electron chi connectivity index (χ3n) is 5.62.